The van der Waals surface area contributed by atoms with Crippen molar-refractivity contribution in [3.8, 4) is 11.5 Å². The molecule has 2 rings (SSSR count). The number of para-hydroxylation sites is 1. The number of rotatable bonds is 4. The molecule has 0 aliphatic carbocycles. The van der Waals surface area contributed by atoms with E-state index in [1.807, 2.05) is 19.9 Å². The van der Waals surface area contributed by atoms with E-state index in [1.165, 1.54) is 12.1 Å². The Balaban J connectivity index is 0.000000956. The molecule has 0 atom stereocenters. The summed E-state index contributed by atoms with van der Waals surface area (Å²) in [5.41, 5.74) is 0.990. The number of nitrogens with zero attached hydrogens (tertiary/aromatic N) is 1. The Bertz CT molecular complexity index is 508. The smallest absolute Gasteiger partial charge is 0.181 e. The summed E-state index contributed by atoms with van der Waals surface area (Å²) in [6.45, 7) is 6.09. The molecule has 2 nitrogen and oxygen atoms in total. The number of aryl methyl sites for hydroxylation is 1. The van der Waals surface area contributed by atoms with Gasteiger partial charge < -0.3 is 4.74 Å². The fourth-order valence-electron chi connectivity index (χ4n) is 1.57. The third kappa shape index (κ3) is 4.49. The first kappa shape index (κ1) is 16.4. The Morgan fingerprint density at radius 3 is 2.50 bits per heavy atom. The van der Waals surface area contributed by atoms with Gasteiger partial charge in [-0.2, -0.15) is 0 Å². The predicted molar refractivity (Wildman–Crippen MR) is 81.1 cm³/mol. The van der Waals surface area contributed by atoms with Crippen LogP contribution in [0.5, 0.6) is 11.5 Å². The SMILES string of the molecule is CC.CCCc1ccc(Oc2c(F)cccc2Cl)cn1. The molecule has 0 N–H and O–H groups in total. The molecule has 108 valence electrons. The van der Waals surface area contributed by atoms with E-state index in [9.17, 15) is 4.39 Å². The molecule has 0 unspecified atom stereocenters. The summed E-state index contributed by atoms with van der Waals surface area (Å²) in [6.07, 6.45) is 3.53. The van der Waals surface area contributed by atoms with Crippen LogP contribution in [0.2, 0.25) is 5.02 Å². The Morgan fingerprint density at radius 1 is 1.20 bits per heavy atom. The van der Waals surface area contributed by atoms with E-state index in [2.05, 4.69) is 11.9 Å². The maximum Gasteiger partial charge on any atom is 0.181 e. The topological polar surface area (TPSA) is 22.1 Å². The van der Waals surface area contributed by atoms with Gasteiger partial charge in [0.05, 0.1) is 11.2 Å². The maximum absolute atomic E-state index is 13.5. The van der Waals surface area contributed by atoms with Crippen molar-refractivity contribution in [2.24, 2.45) is 0 Å². The van der Waals surface area contributed by atoms with Crippen LogP contribution in [0.1, 0.15) is 32.9 Å². The van der Waals surface area contributed by atoms with Crippen LogP contribution in [0, 0.1) is 5.82 Å². The number of halogens is 2. The summed E-state index contributed by atoms with van der Waals surface area (Å²) in [5, 5.41) is 0.243. The van der Waals surface area contributed by atoms with Crippen molar-refractivity contribution < 1.29 is 9.13 Å². The van der Waals surface area contributed by atoms with Gasteiger partial charge in [0, 0.05) is 5.69 Å². The fraction of sp³-hybridized carbons (Fsp3) is 0.312. The van der Waals surface area contributed by atoms with Gasteiger partial charge in [-0.25, -0.2) is 4.39 Å². The van der Waals surface area contributed by atoms with E-state index in [-0.39, 0.29) is 10.8 Å². The molecule has 0 aliphatic rings. The van der Waals surface area contributed by atoms with Crippen molar-refractivity contribution in [3.63, 3.8) is 0 Å². The van der Waals surface area contributed by atoms with Gasteiger partial charge in [-0.15, -0.1) is 0 Å². The molecule has 2 aromatic rings. The van der Waals surface area contributed by atoms with Gasteiger partial charge in [-0.3, -0.25) is 4.98 Å². The van der Waals surface area contributed by atoms with Crippen LogP contribution in [-0.4, -0.2) is 4.98 Å². The van der Waals surface area contributed by atoms with E-state index in [0.29, 0.717) is 5.75 Å². The zero-order valence-electron chi connectivity index (χ0n) is 12.0. The van der Waals surface area contributed by atoms with Crippen LogP contribution >= 0.6 is 11.6 Å². The minimum atomic E-state index is -0.486. The summed E-state index contributed by atoms with van der Waals surface area (Å²) < 4.78 is 18.9. The van der Waals surface area contributed by atoms with Gasteiger partial charge >= 0.3 is 0 Å². The van der Waals surface area contributed by atoms with Gasteiger partial charge in [-0.1, -0.05) is 44.9 Å². The first-order chi connectivity index (χ1) is 9.70. The Morgan fingerprint density at radius 2 is 1.95 bits per heavy atom. The third-order valence-electron chi connectivity index (χ3n) is 2.44. The third-order valence-corrected chi connectivity index (χ3v) is 2.74. The lowest BCUT2D eigenvalue weighted by Gasteiger charge is -2.08. The lowest BCUT2D eigenvalue weighted by atomic mass is 10.2. The lowest BCUT2D eigenvalue weighted by Crippen LogP contribution is -1.92. The molecule has 0 spiro atoms. The Kier molecular flexibility index (Phi) is 7.02. The summed E-state index contributed by atoms with van der Waals surface area (Å²) in [5.74, 6) is 0.0196. The van der Waals surface area contributed by atoms with Gasteiger partial charge in [0.25, 0.3) is 0 Å². The summed E-state index contributed by atoms with van der Waals surface area (Å²) >= 11 is 5.88. The minimum absolute atomic E-state index is 0.0317. The van der Waals surface area contributed by atoms with Crippen LogP contribution in [0.4, 0.5) is 4.39 Å². The standard InChI is InChI=1S/C14H13ClFNO.C2H6/c1-2-4-10-7-8-11(9-17-10)18-14-12(15)5-3-6-13(14)16;1-2/h3,5-9H,2,4H2,1H3;1-2H3. The highest BCUT2D eigenvalue weighted by Gasteiger charge is 2.09. The molecule has 0 amide bonds. The van der Waals surface area contributed by atoms with Crippen LogP contribution in [0.15, 0.2) is 36.5 Å². The summed E-state index contributed by atoms with van der Waals surface area (Å²) in [4.78, 5) is 4.23. The number of ether oxygens (including phenoxy) is 1. The van der Waals surface area contributed by atoms with Crippen LogP contribution in [0.3, 0.4) is 0 Å². The molecule has 0 bridgehead atoms. The van der Waals surface area contributed by atoms with Crippen LogP contribution < -0.4 is 4.74 Å². The predicted octanol–water partition coefficient (Wildman–Crippen LogP) is 5.65. The van der Waals surface area contributed by atoms with Crippen LogP contribution in [-0.2, 0) is 6.42 Å². The average molecular weight is 296 g/mol. The highest BCUT2D eigenvalue weighted by atomic mass is 35.5. The van der Waals surface area contributed by atoms with E-state index in [0.717, 1.165) is 18.5 Å². The molecule has 1 aromatic carbocycles. The van der Waals surface area contributed by atoms with Gasteiger partial charge in [0.1, 0.15) is 5.75 Å². The van der Waals surface area contributed by atoms with Crippen molar-refractivity contribution >= 4 is 11.6 Å². The highest BCUT2D eigenvalue weighted by Crippen LogP contribution is 2.31. The van der Waals surface area contributed by atoms with Gasteiger partial charge in [0.2, 0.25) is 0 Å². The number of benzene rings is 1. The normalized spacial score (nSPS) is 9.65. The van der Waals surface area contributed by atoms with E-state index < -0.39 is 5.82 Å². The molecular formula is C16H19ClFNO. The van der Waals surface area contributed by atoms with Crippen molar-refractivity contribution in [2.75, 3.05) is 0 Å². The molecular weight excluding hydrogens is 277 g/mol. The zero-order valence-corrected chi connectivity index (χ0v) is 12.7. The van der Waals surface area contributed by atoms with Crippen LogP contribution in [0.25, 0.3) is 0 Å². The van der Waals surface area contributed by atoms with Crippen molar-refractivity contribution in [1.29, 1.82) is 0 Å². The minimum Gasteiger partial charge on any atom is -0.451 e. The molecule has 0 fully saturated rings. The Labute approximate surface area is 124 Å². The molecule has 0 saturated carbocycles. The first-order valence-corrected chi connectivity index (χ1v) is 7.15. The summed E-state index contributed by atoms with van der Waals surface area (Å²) in [6, 6.07) is 8.06. The fourth-order valence-corrected chi connectivity index (χ4v) is 1.77. The number of aromatic nitrogens is 1. The average Bonchev–Trinajstić information content (AvgIpc) is 2.47. The van der Waals surface area contributed by atoms with E-state index in [4.69, 9.17) is 16.3 Å². The van der Waals surface area contributed by atoms with Gasteiger partial charge in [-0.05, 0) is 30.7 Å². The second kappa shape index (κ2) is 8.54. The maximum atomic E-state index is 13.5. The first-order valence-electron chi connectivity index (χ1n) is 6.77. The van der Waals surface area contributed by atoms with Gasteiger partial charge in [0.15, 0.2) is 11.6 Å². The Hall–Kier alpha value is -1.61. The van der Waals surface area contributed by atoms with Crippen molar-refractivity contribution in [2.45, 2.75) is 33.6 Å². The highest BCUT2D eigenvalue weighted by molar-refractivity contribution is 6.32. The summed E-state index contributed by atoms with van der Waals surface area (Å²) in [7, 11) is 0. The van der Waals surface area contributed by atoms with Crippen molar-refractivity contribution in [1.82, 2.24) is 4.98 Å². The lowest BCUT2D eigenvalue weighted by molar-refractivity contribution is 0.440. The second-order valence-corrected chi connectivity index (χ2v) is 4.30. The molecule has 1 aromatic heterocycles. The van der Waals surface area contributed by atoms with E-state index >= 15 is 0 Å². The second-order valence-electron chi connectivity index (χ2n) is 3.89. The largest absolute Gasteiger partial charge is 0.451 e. The monoisotopic (exact) mass is 295 g/mol. The number of pyridine rings is 1. The van der Waals surface area contributed by atoms with E-state index in [1.54, 1.807) is 18.3 Å². The molecule has 20 heavy (non-hydrogen) atoms. The van der Waals surface area contributed by atoms with Crippen molar-refractivity contribution in [3.05, 3.63) is 53.1 Å². The zero-order chi connectivity index (χ0) is 15.0. The quantitative estimate of drug-likeness (QED) is 0.727. The molecule has 0 aliphatic heterocycles. The number of hydrogen-bond acceptors (Lipinski definition) is 2. The molecule has 1 heterocycles. The molecule has 0 saturated heterocycles. The number of hydrogen-bond donors (Lipinski definition) is 0. The molecule has 4 heteroatoms. The molecule has 0 radical (unpaired) electrons.